The van der Waals surface area contributed by atoms with Crippen LogP contribution in [0.4, 0.5) is 0 Å². The van der Waals surface area contributed by atoms with E-state index in [-0.39, 0.29) is 24.3 Å². The molecule has 1 rings (SSSR count). The molecular formula is C26H39IN4O5. The van der Waals surface area contributed by atoms with Gasteiger partial charge in [0.05, 0.1) is 6.54 Å². The number of nitrogens with one attached hydrogen (secondary N) is 1. The Labute approximate surface area is 228 Å². The van der Waals surface area contributed by atoms with Crippen molar-refractivity contribution in [2.75, 3.05) is 27.2 Å². The molecule has 1 aromatic carbocycles. The number of carbonyl (C=O) groups is 5. The maximum absolute atomic E-state index is 13.8. The second-order valence-electron chi connectivity index (χ2n) is 8.72. The third kappa shape index (κ3) is 9.18. The SMILES string of the molecule is CCCC[C@@H](C(=O)N(CCC)[C@H](I)C(=O)NCC=O)N(C)C(=O)[C@H](Cc1ccccc1)N(C)C(C)=O. The normalized spacial score (nSPS) is 13.2. The summed E-state index contributed by atoms with van der Waals surface area (Å²) in [5.74, 6) is -1.35. The summed E-state index contributed by atoms with van der Waals surface area (Å²) in [4.78, 5) is 67.3. The van der Waals surface area contributed by atoms with Crippen molar-refractivity contribution < 1.29 is 24.0 Å². The standard InChI is InChI=1S/C26H39IN4O5/c1-6-8-14-21(26(36)31(16-7-2)23(27)24(34)28-15-17-32)30(5)25(35)22(29(4)19(3)33)18-20-12-10-9-11-13-20/h9-13,17,21-23H,6-8,14-16,18H2,1-5H3,(H,28,34)/t21-,22-,23-/m0/s1. The molecule has 0 saturated carbocycles. The van der Waals surface area contributed by atoms with Crippen LogP contribution in [0.2, 0.25) is 0 Å². The zero-order valence-electron chi connectivity index (χ0n) is 21.9. The van der Waals surface area contributed by atoms with Gasteiger partial charge in [0.2, 0.25) is 17.7 Å². The summed E-state index contributed by atoms with van der Waals surface area (Å²) in [5, 5.41) is 2.50. The molecule has 1 N–H and O–H groups in total. The Morgan fingerprint density at radius 2 is 1.61 bits per heavy atom. The van der Waals surface area contributed by atoms with Crippen LogP contribution in [0.5, 0.6) is 0 Å². The lowest BCUT2D eigenvalue weighted by Crippen LogP contribution is -2.57. The Bertz CT molecular complexity index is 882. The smallest absolute Gasteiger partial charge is 0.253 e. The van der Waals surface area contributed by atoms with Crippen LogP contribution in [-0.4, -0.2) is 87.9 Å². The van der Waals surface area contributed by atoms with E-state index < -0.39 is 22.0 Å². The van der Waals surface area contributed by atoms with Crippen molar-refractivity contribution in [1.29, 1.82) is 0 Å². The van der Waals surface area contributed by atoms with Gasteiger partial charge >= 0.3 is 0 Å². The van der Waals surface area contributed by atoms with Crippen LogP contribution in [0.25, 0.3) is 0 Å². The van der Waals surface area contributed by atoms with Crippen molar-refractivity contribution in [3.8, 4) is 0 Å². The number of hydrogen-bond acceptors (Lipinski definition) is 5. The average molecular weight is 615 g/mol. The first-order chi connectivity index (χ1) is 17.1. The fraction of sp³-hybridized carbons (Fsp3) is 0.577. The summed E-state index contributed by atoms with van der Waals surface area (Å²) in [6.07, 6.45) is 3.49. The molecule has 0 aliphatic rings. The third-order valence-corrected chi connectivity index (χ3v) is 7.29. The van der Waals surface area contributed by atoms with Crippen molar-refractivity contribution in [2.24, 2.45) is 0 Å². The molecule has 0 heterocycles. The van der Waals surface area contributed by atoms with Gasteiger partial charge in [0, 0.05) is 34.0 Å². The minimum absolute atomic E-state index is 0.136. The van der Waals surface area contributed by atoms with Crippen LogP contribution in [0.3, 0.4) is 0 Å². The fourth-order valence-corrected chi connectivity index (χ4v) is 4.62. The molecule has 36 heavy (non-hydrogen) atoms. The second-order valence-corrected chi connectivity index (χ2v) is 9.90. The predicted octanol–water partition coefficient (Wildman–Crippen LogP) is 2.41. The molecule has 3 atom stereocenters. The monoisotopic (exact) mass is 614 g/mol. The summed E-state index contributed by atoms with van der Waals surface area (Å²) in [5.41, 5.74) is 0.903. The molecule has 0 aliphatic carbocycles. The Morgan fingerprint density at radius 1 is 0.972 bits per heavy atom. The summed E-state index contributed by atoms with van der Waals surface area (Å²) in [6.45, 7) is 5.51. The second kappa shape index (κ2) is 16.3. The number of aldehydes is 1. The number of nitrogens with zero attached hydrogens (tertiary/aromatic N) is 3. The van der Waals surface area contributed by atoms with Gasteiger partial charge in [-0.2, -0.15) is 0 Å². The predicted molar refractivity (Wildman–Crippen MR) is 147 cm³/mol. The van der Waals surface area contributed by atoms with Crippen molar-refractivity contribution >= 4 is 52.5 Å². The number of benzene rings is 1. The van der Waals surface area contributed by atoms with E-state index in [1.807, 2.05) is 66.8 Å². The Morgan fingerprint density at radius 3 is 2.14 bits per heavy atom. The Balaban J connectivity index is 3.30. The number of unbranched alkanes of at least 4 members (excludes halogenated alkanes) is 1. The molecular weight excluding hydrogens is 575 g/mol. The van der Waals surface area contributed by atoms with E-state index in [0.717, 1.165) is 12.0 Å². The number of alkyl halides is 1. The van der Waals surface area contributed by atoms with Crippen molar-refractivity contribution in [2.45, 2.75) is 69.0 Å². The number of halogens is 1. The van der Waals surface area contributed by atoms with Crippen LogP contribution in [-0.2, 0) is 30.4 Å². The molecule has 0 unspecified atom stereocenters. The summed E-state index contributed by atoms with van der Waals surface area (Å²) < 4.78 is -0.831. The highest BCUT2D eigenvalue weighted by Gasteiger charge is 2.38. The lowest BCUT2D eigenvalue weighted by molar-refractivity contribution is -0.151. The first-order valence-electron chi connectivity index (χ1n) is 12.3. The van der Waals surface area contributed by atoms with Gasteiger partial charge in [-0.05, 0) is 41.0 Å². The van der Waals surface area contributed by atoms with E-state index in [9.17, 15) is 24.0 Å². The molecule has 0 radical (unpaired) electrons. The van der Waals surface area contributed by atoms with Crippen LogP contribution >= 0.6 is 22.6 Å². The van der Waals surface area contributed by atoms with Gasteiger partial charge < -0.3 is 24.8 Å². The first kappa shape index (κ1) is 31.5. The highest BCUT2D eigenvalue weighted by Crippen LogP contribution is 2.20. The molecule has 1 aromatic rings. The number of carbonyl (C=O) groups excluding carboxylic acids is 5. The Kier molecular flexibility index (Phi) is 14.3. The van der Waals surface area contributed by atoms with Gasteiger partial charge in [-0.15, -0.1) is 0 Å². The fourth-order valence-electron chi connectivity index (χ4n) is 3.85. The van der Waals surface area contributed by atoms with Crippen LogP contribution < -0.4 is 5.32 Å². The van der Waals surface area contributed by atoms with Gasteiger partial charge in [-0.3, -0.25) is 19.2 Å². The number of likely N-dealkylation sites (N-methyl/N-ethyl adjacent to an activating group) is 2. The van der Waals surface area contributed by atoms with Crippen molar-refractivity contribution in [3.63, 3.8) is 0 Å². The molecule has 0 aliphatic heterocycles. The van der Waals surface area contributed by atoms with Gasteiger partial charge in [0.25, 0.3) is 5.91 Å². The van der Waals surface area contributed by atoms with Crippen LogP contribution in [0, 0.1) is 0 Å². The van der Waals surface area contributed by atoms with E-state index >= 15 is 0 Å². The van der Waals surface area contributed by atoms with E-state index in [1.165, 1.54) is 21.6 Å². The maximum Gasteiger partial charge on any atom is 0.253 e. The maximum atomic E-state index is 13.8. The van der Waals surface area contributed by atoms with Gasteiger partial charge in [0.15, 0.2) is 4.05 Å². The lowest BCUT2D eigenvalue weighted by Gasteiger charge is -2.37. The molecule has 0 fully saturated rings. The molecule has 0 saturated heterocycles. The molecule has 10 heteroatoms. The first-order valence-corrected chi connectivity index (χ1v) is 13.5. The van der Waals surface area contributed by atoms with E-state index in [4.69, 9.17) is 0 Å². The Hall–Kier alpha value is -2.50. The minimum Gasteiger partial charge on any atom is -0.347 e. The van der Waals surface area contributed by atoms with Gasteiger partial charge in [-0.25, -0.2) is 0 Å². The summed E-state index contributed by atoms with van der Waals surface area (Å²) in [6, 6.07) is 7.86. The van der Waals surface area contributed by atoms with Crippen molar-refractivity contribution in [1.82, 2.24) is 20.0 Å². The lowest BCUT2D eigenvalue weighted by atomic mass is 10.0. The topological polar surface area (TPSA) is 107 Å². The zero-order chi connectivity index (χ0) is 27.3. The van der Waals surface area contributed by atoms with Crippen LogP contribution in [0.1, 0.15) is 52.0 Å². The number of rotatable bonds is 15. The van der Waals surface area contributed by atoms with E-state index in [2.05, 4.69) is 5.32 Å². The molecule has 200 valence electrons. The third-order valence-electron chi connectivity index (χ3n) is 6.05. The van der Waals surface area contributed by atoms with E-state index in [1.54, 1.807) is 14.1 Å². The number of hydrogen-bond donors (Lipinski definition) is 1. The molecule has 0 spiro atoms. The largest absolute Gasteiger partial charge is 0.347 e. The minimum atomic E-state index is -0.831. The van der Waals surface area contributed by atoms with Crippen LogP contribution in [0.15, 0.2) is 30.3 Å². The highest BCUT2D eigenvalue weighted by atomic mass is 127. The molecule has 9 nitrogen and oxygen atoms in total. The van der Waals surface area contributed by atoms with Crippen molar-refractivity contribution in [3.05, 3.63) is 35.9 Å². The summed E-state index contributed by atoms with van der Waals surface area (Å²) in [7, 11) is 3.18. The molecule has 0 aromatic heterocycles. The summed E-state index contributed by atoms with van der Waals surface area (Å²) >= 11 is 1.89. The molecule has 0 bridgehead atoms. The average Bonchev–Trinajstić information content (AvgIpc) is 2.88. The molecule has 4 amide bonds. The van der Waals surface area contributed by atoms with E-state index in [0.29, 0.717) is 38.5 Å². The van der Waals surface area contributed by atoms with Gasteiger partial charge in [-0.1, -0.05) is 57.0 Å². The van der Waals surface area contributed by atoms with Gasteiger partial charge in [0.1, 0.15) is 18.4 Å². The zero-order valence-corrected chi connectivity index (χ0v) is 24.1. The number of amides is 4. The quantitative estimate of drug-likeness (QED) is 0.141. The highest BCUT2D eigenvalue weighted by molar-refractivity contribution is 14.1.